The molecule has 1 heterocycles. The fourth-order valence-electron chi connectivity index (χ4n) is 3.42. The lowest BCUT2D eigenvalue weighted by molar-refractivity contribution is 0.259. The number of nitrogens with one attached hydrogen (secondary N) is 2. The van der Waals surface area contributed by atoms with Crippen molar-refractivity contribution in [2.45, 2.75) is 22.5 Å². The fraction of sp³-hybridized carbons (Fsp3) is 0.143. The van der Waals surface area contributed by atoms with Crippen molar-refractivity contribution in [1.29, 1.82) is 5.41 Å². The van der Waals surface area contributed by atoms with Crippen LogP contribution in [0.15, 0.2) is 59.5 Å². The van der Waals surface area contributed by atoms with Gasteiger partial charge in [0, 0.05) is 23.5 Å². The summed E-state index contributed by atoms with van der Waals surface area (Å²) in [5, 5.41) is 9.75. The number of amides is 2. The number of nitrogens with zero attached hydrogens (tertiary/aromatic N) is 2. The van der Waals surface area contributed by atoms with Gasteiger partial charge in [0.05, 0.1) is 10.6 Å². The van der Waals surface area contributed by atoms with Crippen molar-refractivity contribution in [3.05, 3.63) is 65.9 Å². The summed E-state index contributed by atoms with van der Waals surface area (Å²) >= 11 is 0. The SMILES string of the molecule is N=Cc1ccc(S(=O)(=O)C2(c3cc(N)nc(-c4ccc(NC(N)=O)cc4)n3)CC2)cc1. The standard InChI is InChI=1S/C21H20N6O3S/c22-12-13-1-7-16(8-2-13)31(29,30)21(9-10-21)17-11-18(23)27-19(26-17)14-3-5-15(6-4-14)25-20(24)28/h1-8,11-12,22H,9-10H2,(H2,23,26,27)(H3,24,25,28). The summed E-state index contributed by atoms with van der Waals surface area (Å²) in [6, 6.07) is 13.7. The lowest BCUT2D eigenvalue weighted by Crippen LogP contribution is -2.23. The van der Waals surface area contributed by atoms with Crippen LogP contribution in [0.4, 0.5) is 16.3 Å². The van der Waals surface area contributed by atoms with Crippen LogP contribution in [-0.4, -0.2) is 30.6 Å². The van der Waals surface area contributed by atoms with Crippen LogP contribution in [-0.2, 0) is 14.6 Å². The minimum Gasteiger partial charge on any atom is -0.384 e. The number of carbonyl (C=O) groups is 1. The van der Waals surface area contributed by atoms with Gasteiger partial charge in [0.15, 0.2) is 15.7 Å². The number of urea groups is 1. The molecule has 4 rings (SSSR count). The van der Waals surface area contributed by atoms with E-state index >= 15 is 0 Å². The van der Waals surface area contributed by atoms with E-state index in [2.05, 4.69) is 15.3 Å². The molecule has 9 nitrogen and oxygen atoms in total. The predicted octanol–water partition coefficient (Wildman–Crippen LogP) is 2.68. The zero-order valence-electron chi connectivity index (χ0n) is 16.4. The summed E-state index contributed by atoms with van der Waals surface area (Å²) in [5.41, 5.74) is 13.2. The normalized spacial score (nSPS) is 14.6. The molecule has 3 aromatic rings. The van der Waals surface area contributed by atoms with Crippen molar-refractivity contribution >= 4 is 33.6 Å². The second-order valence-corrected chi connectivity index (χ2v) is 9.54. The molecule has 1 saturated carbocycles. The Kier molecular flexibility index (Phi) is 4.94. The molecule has 0 radical (unpaired) electrons. The molecular formula is C21H20N6O3S. The van der Waals surface area contributed by atoms with E-state index in [1.807, 2.05) is 0 Å². The molecule has 10 heteroatoms. The van der Waals surface area contributed by atoms with E-state index in [9.17, 15) is 13.2 Å². The first-order valence-electron chi connectivity index (χ1n) is 9.42. The van der Waals surface area contributed by atoms with Gasteiger partial charge in [0.25, 0.3) is 0 Å². The van der Waals surface area contributed by atoms with E-state index in [4.69, 9.17) is 16.9 Å². The van der Waals surface area contributed by atoms with Gasteiger partial charge in [0.2, 0.25) is 0 Å². The molecule has 2 amide bonds. The Morgan fingerprint density at radius 3 is 2.26 bits per heavy atom. The van der Waals surface area contributed by atoms with Gasteiger partial charge >= 0.3 is 6.03 Å². The first kappa shape index (κ1) is 20.5. The molecule has 0 aliphatic heterocycles. The predicted molar refractivity (Wildman–Crippen MR) is 118 cm³/mol. The van der Waals surface area contributed by atoms with Gasteiger partial charge in [-0.05, 0) is 54.8 Å². The van der Waals surface area contributed by atoms with Gasteiger partial charge in [-0.15, -0.1) is 0 Å². The minimum atomic E-state index is -3.72. The number of primary amides is 1. The number of aromatic nitrogens is 2. The summed E-state index contributed by atoms with van der Waals surface area (Å²) in [6.45, 7) is 0. The van der Waals surface area contributed by atoms with Gasteiger partial charge in [-0.25, -0.2) is 23.2 Å². The summed E-state index contributed by atoms with van der Waals surface area (Å²) in [5.74, 6) is 0.459. The topological polar surface area (TPSA) is 165 Å². The maximum Gasteiger partial charge on any atom is 0.316 e. The maximum atomic E-state index is 13.4. The maximum absolute atomic E-state index is 13.4. The number of carbonyl (C=O) groups excluding carboxylic acids is 1. The van der Waals surface area contributed by atoms with Gasteiger partial charge in [0.1, 0.15) is 10.6 Å². The van der Waals surface area contributed by atoms with Crippen LogP contribution in [0.5, 0.6) is 0 Å². The van der Waals surface area contributed by atoms with E-state index in [0.717, 1.165) is 6.21 Å². The Hall–Kier alpha value is -3.79. The van der Waals surface area contributed by atoms with E-state index in [1.165, 1.54) is 18.2 Å². The Labute approximate surface area is 179 Å². The zero-order valence-corrected chi connectivity index (χ0v) is 17.2. The lowest BCUT2D eigenvalue weighted by Gasteiger charge is -2.17. The number of sulfone groups is 1. The highest BCUT2D eigenvalue weighted by Crippen LogP contribution is 2.54. The largest absolute Gasteiger partial charge is 0.384 e. The molecule has 0 spiro atoms. The molecule has 1 aromatic heterocycles. The summed E-state index contributed by atoms with van der Waals surface area (Å²) in [4.78, 5) is 19.9. The smallest absolute Gasteiger partial charge is 0.316 e. The van der Waals surface area contributed by atoms with Gasteiger partial charge < -0.3 is 22.2 Å². The molecule has 0 unspecified atom stereocenters. The zero-order chi connectivity index (χ0) is 22.2. The Morgan fingerprint density at radius 2 is 1.71 bits per heavy atom. The van der Waals surface area contributed by atoms with E-state index < -0.39 is 20.6 Å². The van der Waals surface area contributed by atoms with E-state index in [1.54, 1.807) is 36.4 Å². The number of nitrogen functional groups attached to an aromatic ring is 1. The van der Waals surface area contributed by atoms with E-state index in [-0.39, 0.29) is 10.7 Å². The molecule has 1 aliphatic rings. The molecular weight excluding hydrogens is 416 g/mol. The first-order chi connectivity index (χ1) is 14.7. The number of hydrogen-bond donors (Lipinski definition) is 4. The van der Waals surface area contributed by atoms with Crippen molar-refractivity contribution in [3.63, 3.8) is 0 Å². The summed E-state index contributed by atoms with van der Waals surface area (Å²) in [6.07, 6.45) is 2.02. The number of nitrogens with two attached hydrogens (primary N) is 2. The van der Waals surface area contributed by atoms with Gasteiger partial charge in [-0.3, -0.25) is 0 Å². The van der Waals surface area contributed by atoms with Crippen LogP contribution in [0, 0.1) is 5.41 Å². The van der Waals surface area contributed by atoms with Crippen molar-refractivity contribution in [2.75, 3.05) is 11.1 Å². The van der Waals surface area contributed by atoms with Crippen molar-refractivity contribution in [1.82, 2.24) is 9.97 Å². The van der Waals surface area contributed by atoms with Crippen LogP contribution in [0.25, 0.3) is 11.4 Å². The lowest BCUT2D eigenvalue weighted by atomic mass is 10.1. The van der Waals surface area contributed by atoms with Crippen molar-refractivity contribution in [2.24, 2.45) is 5.73 Å². The third kappa shape index (κ3) is 3.73. The quantitative estimate of drug-likeness (QED) is 0.434. The molecule has 0 atom stereocenters. The van der Waals surface area contributed by atoms with Gasteiger partial charge in [-0.2, -0.15) is 0 Å². The first-order valence-corrected chi connectivity index (χ1v) is 10.9. The van der Waals surface area contributed by atoms with Crippen LogP contribution in [0.2, 0.25) is 0 Å². The number of benzene rings is 2. The van der Waals surface area contributed by atoms with Crippen LogP contribution in [0.3, 0.4) is 0 Å². The second-order valence-electron chi connectivity index (χ2n) is 7.28. The average Bonchev–Trinajstić information content (AvgIpc) is 3.56. The minimum absolute atomic E-state index is 0.167. The third-order valence-electron chi connectivity index (χ3n) is 5.20. The van der Waals surface area contributed by atoms with Crippen molar-refractivity contribution < 1.29 is 13.2 Å². The Bertz CT molecular complexity index is 1270. The van der Waals surface area contributed by atoms with Crippen LogP contribution >= 0.6 is 0 Å². The fourth-order valence-corrected chi connectivity index (χ4v) is 5.38. The van der Waals surface area contributed by atoms with Crippen LogP contribution < -0.4 is 16.8 Å². The summed E-state index contributed by atoms with van der Waals surface area (Å²) < 4.78 is 25.7. The Balaban J connectivity index is 1.72. The van der Waals surface area contributed by atoms with Gasteiger partial charge in [-0.1, -0.05) is 12.1 Å². The molecule has 0 bridgehead atoms. The average molecular weight is 436 g/mol. The number of anilines is 2. The molecule has 1 aliphatic carbocycles. The highest BCUT2D eigenvalue weighted by molar-refractivity contribution is 7.92. The second kappa shape index (κ2) is 7.47. The van der Waals surface area contributed by atoms with E-state index in [0.29, 0.717) is 41.2 Å². The van der Waals surface area contributed by atoms with Crippen LogP contribution in [0.1, 0.15) is 24.1 Å². The molecule has 1 fully saturated rings. The molecule has 158 valence electrons. The molecule has 2 aromatic carbocycles. The molecule has 31 heavy (non-hydrogen) atoms. The highest BCUT2D eigenvalue weighted by atomic mass is 32.2. The van der Waals surface area contributed by atoms with Crippen molar-refractivity contribution in [3.8, 4) is 11.4 Å². The highest BCUT2D eigenvalue weighted by Gasteiger charge is 2.57. The molecule has 6 N–H and O–H groups in total. The summed E-state index contributed by atoms with van der Waals surface area (Å²) in [7, 11) is -3.72. The number of hydrogen-bond acceptors (Lipinski definition) is 7. The monoisotopic (exact) mass is 436 g/mol. The molecule has 0 saturated heterocycles. The Morgan fingerprint density at radius 1 is 1.06 bits per heavy atom. The third-order valence-corrected chi connectivity index (χ3v) is 7.74. The number of rotatable bonds is 6.